The molecule has 1 amide bonds. The Kier molecular flexibility index (Phi) is 8.26. The van der Waals surface area contributed by atoms with Crippen LogP contribution in [0.2, 0.25) is 5.02 Å². The Morgan fingerprint density at radius 2 is 1.58 bits per heavy atom. The minimum Gasteiger partial charge on any atom is -0.489 e. The molecule has 1 N–H and O–H groups in total. The predicted molar refractivity (Wildman–Crippen MR) is 121 cm³/mol. The first-order chi connectivity index (χ1) is 15.1. The van der Waals surface area contributed by atoms with Crippen LogP contribution in [0.15, 0.2) is 84.9 Å². The van der Waals surface area contributed by atoms with E-state index >= 15 is 0 Å². The number of hydrogen-bond donors (Lipinski definition) is 1. The largest absolute Gasteiger partial charge is 0.489 e. The normalized spacial score (nSPS) is 10.6. The van der Waals surface area contributed by atoms with Crippen LogP contribution in [0.4, 0.5) is 0 Å². The lowest BCUT2D eigenvalue weighted by Crippen LogP contribution is -2.28. The summed E-state index contributed by atoms with van der Waals surface area (Å²) in [5, 5.41) is 3.39. The van der Waals surface area contributed by atoms with E-state index in [4.69, 9.17) is 21.1 Å². The Balaban J connectivity index is 1.38. The van der Waals surface area contributed by atoms with Crippen molar-refractivity contribution in [2.24, 2.45) is 0 Å². The summed E-state index contributed by atoms with van der Waals surface area (Å²) >= 11 is 5.87. The average molecular weight is 436 g/mol. The summed E-state index contributed by atoms with van der Waals surface area (Å²) in [5.74, 6) is -0.226. The predicted octanol–water partition coefficient (Wildman–Crippen LogP) is 4.79. The number of benzene rings is 3. The van der Waals surface area contributed by atoms with E-state index in [1.807, 2.05) is 78.9 Å². The molecule has 0 aliphatic rings. The van der Waals surface area contributed by atoms with Crippen molar-refractivity contribution in [1.82, 2.24) is 5.32 Å². The van der Waals surface area contributed by atoms with E-state index in [2.05, 4.69) is 5.32 Å². The Hall–Kier alpha value is -3.57. The third-order valence-corrected chi connectivity index (χ3v) is 4.54. The Labute approximate surface area is 186 Å². The summed E-state index contributed by atoms with van der Waals surface area (Å²) in [6, 6.07) is 24.2. The van der Waals surface area contributed by atoms with Gasteiger partial charge in [-0.1, -0.05) is 66.2 Å². The summed E-state index contributed by atoms with van der Waals surface area (Å²) < 4.78 is 10.7. The van der Waals surface area contributed by atoms with Crippen LogP contribution in [-0.4, -0.2) is 18.5 Å². The van der Waals surface area contributed by atoms with Gasteiger partial charge in [-0.25, -0.2) is 4.79 Å². The molecule has 0 unspecified atom stereocenters. The molecular formula is C25H22ClNO4. The molecule has 3 aromatic carbocycles. The highest BCUT2D eigenvalue weighted by molar-refractivity contribution is 6.30. The van der Waals surface area contributed by atoms with Gasteiger partial charge in [0.15, 0.2) is 6.61 Å². The molecule has 0 aromatic heterocycles. The maximum atomic E-state index is 11.8. The maximum absolute atomic E-state index is 11.8. The second kappa shape index (κ2) is 11.6. The number of halogens is 1. The number of nitrogens with one attached hydrogen (secondary N) is 1. The zero-order chi connectivity index (χ0) is 21.9. The van der Waals surface area contributed by atoms with Crippen molar-refractivity contribution in [2.75, 3.05) is 6.61 Å². The molecule has 3 rings (SSSR count). The standard InChI is InChI=1S/C25H22ClNO4/c26-22-11-6-21(7-12-22)17-30-23-13-8-19(9-14-23)10-15-25(29)31-18-24(28)27-16-20-4-2-1-3-5-20/h1-15H,16-18H2,(H,27,28). The quantitative estimate of drug-likeness (QED) is 0.387. The van der Waals surface area contributed by atoms with Gasteiger partial charge in [0.2, 0.25) is 0 Å². The summed E-state index contributed by atoms with van der Waals surface area (Å²) in [5.41, 5.74) is 2.80. The van der Waals surface area contributed by atoms with Crippen molar-refractivity contribution in [2.45, 2.75) is 13.2 Å². The van der Waals surface area contributed by atoms with E-state index in [0.717, 1.165) is 16.7 Å². The molecule has 0 fully saturated rings. The van der Waals surface area contributed by atoms with Crippen LogP contribution in [0, 0.1) is 0 Å². The first-order valence-electron chi connectivity index (χ1n) is 9.71. The van der Waals surface area contributed by atoms with E-state index < -0.39 is 5.97 Å². The highest BCUT2D eigenvalue weighted by Gasteiger charge is 2.05. The van der Waals surface area contributed by atoms with Crippen LogP contribution < -0.4 is 10.1 Å². The van der Waals surface area contributed by atoms with Crippen LogP contribution in [0.5, 0.6) is 5.75 Å². The number of hydrogen-bond acceptors (Lipinski definition) is 4. The van der Waals surface area contributed by atoms with Crippen molar-refractivity contribution >= 4 is 29.6 Å². The molecule has 0 saturated carbocycles. The molecular weight excluding hydrogens is 414 g/mol. The molecule has 0 heterocycles. The van der Waals surface area contributed by atoms with Gasteiger partial charge in [-0.15, -0.1) is 0 Å². The van der Waals surface area contributed by atoms with Crippen LogP contribution in [-0.2, 0) is 27.5 Å². The maximum Gasteiger partial charge on any atom is 0.331 e. The summed E-state index contributed by atoms with van der Waals surface area (Å²) in [4.78, 5) is 23.6. The first kappa shape index (κ1) is 22.1. The lowest BCUT2D eigenvalue weighted by atomic mass is 10.2. The molecule has 6 heteroatoms. The van der Waals surface area contributed by atoms with Crippen molar-refractivity contribution in [3.63, 3.8) is 0 Å². The highest BCUT2D eigenvalue weighted by Crippen LogP contribution is 2.16. The highest BCUT2D eigenvalue weighted by atomic mass is 35.5. The average Bonchev–Trinajstić information content (AvgIpc) is 2.81. The fraction of sp³-hybridized carbons (Fsp3) is 0.120. The second-order valence-corrected chi connectivity index (χ2v) is 7.12. The van der Waals surface area contributed by atoms with E-state index in [0.29, 0.717) is 23.9 Å². The lowest BCUT2D eigenvalue weighted by Gasteiger charge is -2.07. The Bertz CT molecular complexity index is 1020. The fourth-order valence-electron chi connectivity index (χ4n) is 2.62. The van der Waals surface area contributed by atoms with Gasteiger partial charge in [-0.05, 0) is 47.0 Å². The molecule has 5 nitrogen and oxygen atoms in total. The van der Waals surface area contributed by atoms with Gasteiger partial charge in [-0.2, -0.15) is 0 Å². The van der Waals surface area contributed by atoms with Crippen LogP contribution in [0.1, 0.15) is 16.7 Å². The lowest BCUT2D eigenvalue weighted by molar-refractivity contribution is -0.143. The van der Waals surface area contributed by atoms with Gasteiger partial charge >= 0.3 is 5.97 Å². The molecule has 0 aliphatic heterocycles. The number of carbonyl (C=O) groups excluding carboxylic acids is 2. The third-order valence-electron chi connectivity index (χ3n) is 4.29. The summed E-state index contributed by atoms with van der Waals surface area (Å²) in [6.45, 7) is 0.498. The van der Waals surface area contributed by atoms with Crippen molar-refractivity contribution in [3.05, 3.63) is 107 Å². The summed E-state index contributed by atoms with van der Waals surface area (Å²) in [6.07, 6.45) is 2.90. The van der Waals surface area contributed by atoms with Crippen LogP contribution in [0.3, 0.4) is 0 Å². The van der Waals surface area contributed by atoms with Crippen molar-refractivity contribution in [1.29, 1.82) is 0 Å². The van der Waals surface area contributed by atoms with Gasteiger partial charge in [0.05, 0.1) is 0 Å². The van der Waals surface area contributed by atoms with Gasteiger partial charge < -0.3 is 14.8 Å². The monoisotopic (exact) mass is 435 g/mol. The Morgan fingerprint density at radius 1 is 0.871 bits per heavy atom. The van der Waals surface area contributed by atoms with Gasteiger partial charge in [0.1, 0.15) is 12.4 Å². The number of rotatable bonds is 9. The number of carbonyl (C=O) groups is 2. The summed E-state index contributed by atoms with van der Waals surface area (Å²) in [7, 11) is 0. The van der Waals surface area contributed by atoms with Crippen molar-refractivity contribution < 1.29 is 19.1 Å². The van der Waals surface area contributed by atoms with E-state index in [1.165, 1.54) is 6.08 Å². The molecule has 0 spiro atoms. The molecule has 0 atom stereocenters. The Morgan fingerprint density at radius 3 is 2.29 bits per heavy atom. The molecule has 31 heavy (non-hydrogen) atoms. The zero-order valence-electron chi connectivity index (χ0n) is 16.8. The van der Waals surface area contributed by atoms with Crippen molar-refractivity contribution in [3.8, 4) is 5.75 Å². The van der Waals surface area contributed by atoms with Gasteiger partial charge in [-0.3, -0.25) is 4.79 Å². The second-order valence-electron chi connectivity index (χ2n) is 6.69. The molecule has 0 saturated heterocycles. The van der Waals surface area contributed by atoms with E-state index in [1.54, 1.807) is 6.08 Å². The number of amides is 1. The number of ether oxygens (including phenoxy) is 2. The minimum absolute atomic E-state index is 0.326. The van der Waals surface area contributed by atoms with E-state index in [9.17, 15) is 9.59 Å². The van der Waals surface area contributed by atoms with Crippen LogP contribution in [0.25, 0.3) is 6.08 Å². The third kappa shape index (κ3) is 7.99. The fourth-order valence-corrected chi connectivity index (χ4v) is 2.75. The van der Waals surface area contributed by atoms with Gasteiger partial charge in [0, 0.05) is 17.6 Å². The molecule has 158 valence electrons. The smallest absolute Gasteiger partial charge is 0.331 e. The molecule has 3 aromatic rings. The zero-order valence-corrected chi connectivity index (χ0v) is 17.5. The van der Waals surface area contributed by atoms with Crippen LogP contribution >= 0.6 is 11.6 Å². The van der Waals surface area contributed by atoms with E-state index in [-0.39, 0.29) is 12.5 Å². The minimum atomic E-state index is -0.585. The van der Waals surface area contributed by atoms with Gasteiger partial charge in [0.25, 0.3) is 5.91 Å². The molecule has 0 bridgehead atoms. The molecule has 0 aliphatic carbocycles. The number of esters is 1. The topological polar surface area (TPSA) is 64.6 Å². The first-order valence-corrected chi connectivity index (χ1v) is 10.1. The molecule has 0 radical (unpaired) electrons. The SMILES string of the molecule is O=C(COC(=O)C=Cc1ccc(OCc2ccc(Cl)cc2)cc1)NCc1ccccc1.